The van der Waals surface area contributed by atoms with Crippen molar-refractivity contribution in [1.82, 2.24) is 5.32 Å². The third-order valence-corrected chi connectivity index (χ3v) is 3.06. The standard InChI is InChI=1S/C8H14N2O2/c9-6-3-4-1-2-5(6)7(10-4)8(11)12/h4-7,10H,1-3,9H2,(H,11,12). The fourth-order valence-electron chi connectivity index (χ4n) is 2.43. The van der Waals surface area contributed by atoms with Crippen LogP contribution < -0.4 is 11.1 Å². The molecule has 0 spiro atoms. The maximum absolute atomic E-state index is 10.8. The lowest BCUT2D eigenvalue weighted by molar-refractivity contribution is -0.143. The first kappa shape index (κ1) is 8.01. The highest BCUT2D eigenvalue weighted by atomic mass is 16.4. The van der Waals surface area contributed by atoms with Crippen molar-refractivity contribution in [2.24, 2.45) is 11.7 Å². The molecular weight excluding hydrogens is 156 g/mol. The minimum atomic E-state index is -0.750. The number of carboxylic acid groups (broad SMARTS) is 1. The van der Waals surface area contributed by atoms with E-state index in [0.717, 1.165) is 19.3 Å². The number of carboxylic acids is 1. The molecule has 1 saturated carbocycles. The van der Waals surface area contributed by atoms with E-state index >= 15 is 0 Å². The van der Waals surface area contributed by atoms with Crippen molar-refractivity contribution < 1.29 is 9.90 Å². The van der Waals surface area contributed by atoms with Crippen LogP contribution in [0, 0.1) is 5.92 Å². The molecule has 4 unspecified atom stereocenters. The molecule has 3 fully saturated rings. The van der Waals surface area contributed by atoms with Crippen LogP contribution >= 0.6 is 0 Å². The highest BCUT2D eigenvalue weighted by Crippen LogP contribution is 2.32. The Kier molecular flexibility index (Phi) is 1.81. The molecule has 2 heterocycles. The van der Waals surface area contributed by atoms with Gasteiger partial charge in [0, 0.05) is 18.0 Å². The quantitative estimate of drug-likeness (QED) is 0.497. The molecular formula is C8H14N2O2. The number of hydrogen-bond donors (Lipinski definition) is 3. The van der Waals surface area contributed by atoms with E-state index in [1.54, 1.807) is 0 Å². The Labute approximate surface area is 71.1 Å². The minimum Gasteiger partial charge on any atom is -0.480 e. The average Bonchev–Trinajstić information content (AvgIpc) is 2.04. The van der Waals surface area contributed by atoms with E-state index in [9.17, 15) is 4.79 Å². The van der Waals surface area contributed by atoms with Gasteiger partial charge in [-0.05, 0) is 19.3 Å². The van der Waals surface area contributed by atoms with Gasteiger partial charge in [-0.25, -0.2) is 0 Å². The van der Waals surface area contributed by atoms with Crippen LogP contribution in [0.15, 0.2) is 0 Å². The van der Waals surface area contributed by atoms with Crippen molar-refractivity contribution in [2.75, 3.05) is 0 Å². The van der Waals surface area contributed by atoms with E-state index in [1.165, 1.54) is 0 Å². The molecule has 0 radical (unpaired) electrons. The van der Waals surface area contributed by atoms with Gasteiger partial charge in [-0.2, -0.15) is 0 Å². The molecule has 2 aliphatic heterocycles. The maximum Gasteiger partial charge on any atom is 0.321 e. The van der Waals surface area contributed by atoms with E-state index in [4.69, 9.17) is 10.8 Å². The van der Waals surface area contributed by atoms with Crippen molar-refractivity contribution in [3.63, 3.8) is 0 Å². The van der Waals surface area contributed by atoms with Gasteiger partial charge in [0.15, 0.2) is 0 Å². The van der Waals surface area contributed by atoms with Gasteiger partial charge in [0.1, 0.15) is 6.04 Å². The van der Waals surface area contributed by atoms with Crippen LogP contribution in [-0.4, -0.2) is 29.2 Å². The van der Waals surface area contributed by atoms with E-state index in [0.29, 0.717) is 6.04 Å². The first-order valence-electron chi connectivity index (χ1n) is 4.43. The molecule has 0 aromatic rings. The number of carbonyl (C=O) groups is 1. The van der Waals surface area contributed by atoms with E-state index in [1.807, 2.05) is 0 Å². The molecule has 0 aromatic carbocycles. The summed E-state index contributed by atoms with van der Waals surface area (Å²) >= 11 is 0. The zero-order valence-corrected chi connectivity index (χ0v) is 6.86. The molecule has 1 aliphatic carbocycles. The Morgan fingerprint density at radius 3 is 2.67 bits per heavy atom. The summed E-state index contributed by atoms with van der Waals surface area (Å²) in [6.07, 6.45) is 2.99. The van der Waals surface area contributed by atoms with Crippen molar-refractivity contribution in [2.45, 2.75) is 37.4 Å². The molecule has 3 aliphatic rings. The number of nitrogens with two attached hydrogens (primary N) is 1. The highest BCUT2D eigenvalue weighted by molar-refractivity contribution is 5.74. The second kappa shape index (κ2) is 2.71. The minimum absolute atomic E-state index is 0.0890. The molecule has 4 N–H and O–H groups in total. The summed E-state index contributed by atoms with van der Waals surface area (Å²) in [6, 6.07) is 0.0321. The Balaban J connectivity index is 2.14. The lowest BCUT2D eigenvalue weighted by Crippen LogP contribution is -2.63. The number of aliphatic carboxylic acids is 1. The molecule has 2 saturated heterocycles. The van der Waals surface area contributed by atoms with Gasteiger partial charge < -0.3 is 16.2 Å². The largest absolute Gasteiger partial charge is 0.480 e. The van der Waals surface area contributed by atoms with Gasteiger partial charge in [0.2, 0.25) is 0 Å². The predicted octanol–water partition coefficient (Wildman–Crippen LogP) is -0.461. The Hall–Kier alpha value is -0.610. The van der Waals surface area contributed by atoms with Crippen molar-refractivity contribution >= 4 is 5.97 Å². The summed E-state index contributed by atoms with van der Waals surface area (Å²) in [5.74, 6) is -0.604. The summed E-state index contributed by atoms with van der Waals surface area (Å²) in [7, 11) is 0. The van der Waals surface area contributed by atoms with Gasteiger partial charge in [0.05, 0.1) is 0 Å². The predicted molar refractivity (Wildman–Crippen MR) is 43.7 cm³/mol. The molecule has 0 amide bonds. The normalized spacial score (nSPS) is 46.1. The van der Waals surface area contributed by atoms with Gasteiger partial charge in [-0.3, -0.25) is 4.79 Å². The first-order valence-corrected chi connectivity index (χ1v) is 4.43. The number of piperidine rings is 2. The molecule has 4 atom stereocenters. The molecule has 68 valence electrons. The summed E-state index contributed by atoms with van der Waals surface area (Å²) in [5, 5.41) is 12.0. The lowest BCUT2D eigenvalue weighted by atomic mass is 9.73. The smallest absolute Gasteiger partial charge is 0.321 e. The summed E-state index contributed by atoms with van der Waals surface area (Å²) < 4.78 is 0. The van der Waals surface area contributed by atoms with Crippen LogP contribution in [0.5, 0.6) is 0 Å². The van der Waals surface area contributed by atoms with Gasteiger partial charge in [-0.15, -0.1) is 0 Å². The SMILES string of the molecule is NC1CC2CCC1C(C(=O)O)N2. The number of hydrogen-bond acceptors (Lipinski definition) is 3. The number of fused-ring (bicyclic) bond motifs is 3. The van der Waals surface area contributed by atoms with Crippen LogP contribution in [0.2, 0.25) is 0 Å². The number of nitrogens with one attached hydrogen (secondary N) is 1. The van der Waals surface area contributed by atoms with Crippen molar-refractivity contribution in [3.8, 4) is 0 Å². The van der Waals surface area contributed by atoms with E-state index in [-0.39, 0.29) is 12.0 Å². The number of rotatable bonds is 1. The van der Waals surface area contributed by atoms with E-state index < -0.39 is 12.0 Å². The van der Waals surface area contributed by atoms with Crippen LogP contribution in [0.25, 0.3) is 0 Å². The molecule has 3 rings (SSSR count). The molecule has 2 bridgehead atoms. The molecule has 0 aromatic heterocycles. The third-order valence-electron chi connectivity index (χ3n) is 3.06. The molecule has 4 heteroatoms. The van der Waals surface area contributed by atoms with Crippen LogP contribution in [0.3, 0.4) is 0 Å². The molecule has 12 heavy (non-hydrogen) atoms. The summed E-state index contributed by atoms with van der Waals surface area (Å²) in [4.78, 5) is 10.8. The second-order valence-corrected chi connectivity index (χ2v) is 3.82. The fraction of sp³-hybridized carbons (Fsp3) is 0.875. The van der Waals surface area contributed by atoms with Gasteiger partial charge in [0.25, 0.3) is 0 Å². The lowest BCUT2D eigenvalue weighted by Gasteiger charge is -2.45. The second-order valence-electron chi connectivity index (χ2n) is 3.82. The zero-order chi connectivity index (χ0) is 8.72. The topological polar surface area (TPSA) is 75.4 Å². The van der Waals surface area contributed by atoms with E-state index in [2.05, 4.69) is 5.32 Å². The van der Waals surface area contributed by atoms with Crippen molar-refractivity contribution in [1.29, 1.82) is 0 Å². The Morgan fingerprint density at radius 1 is 1.50 bits per heavy atom. The maximum atomic E-state index is 10.8. The van der Waals surface area contributed by atoms with Crippen LogP contribution in [0.1, 0.15) is 19.3 Å². The van der Waals surface area contributed by atoms with Crippen LogP contribution in [0.4, 0.5) is 0 Å². The molecule has 4 nitrogen and oxygen atoms in total. The average molecular weight is 170 g/mol. The van der Waals surface area contributed by atoms with Crippen LogP contribution in [-0.2, 0) is 4.79 Å². The first-order chi connectivity index (χ1) is 5.68. The van der Waals surface area contributed by atoms with Gasteiger partial charge in [-0.1, -0.05) is 0 Å². The van der Waals surface area contributed by atoms with Crippen molar-refractivity contribution in [3.05, 3.63) is 0 Å². The highest BCUT2D eigenvalue weighted by Gasteiger charge is 2.43. The summed E-state index contributed by atoms with van der Waals surface area (Å²) in [6.45, 7) is 0. The Morgan fingerprint density at radius 2 is 2.25 bits per heavy atom. The fourth-order valence-corrected chi connectivity index (χ4v) is 2.43. The van der Waals surface area contributed by atoms with Gasteiger partial charge >= 0.3 is 5.97 Å². The Bertz CT molecular complexity index is 207. The third kappa shape index (κ3) is 1.11. The monoisotopic (exact) mass is 170 g/mol. The summed E-state index contributed by atoms with van der Waals surface area (Å²) in [5.41, 5.74) is 5.84. The zero-order valence-electron chi connectivity index (χ0n) is 6.86.